The number of halogens is 4. The largest absolute Gasteiger partial charge is 0.493 e. The van der Waals surface area contributed by atoms with Crippen LogP contribution < -0.4 is 4.74 Å². The van der Waals surface area contributed by atoms with Gasteiger partial charge in [0.25, 0.3) is 0 Å². The van der Waals surface area contributed by atoms with Crippen LogP contribution in [0.4, 0.5) is 13.2 Å². The molecule has 1 aromatic carbocycles. The van der Waals surface area contributed by atoms with Gasteiger partial charge >= 0.3 is 6.18 Å². The van der Waals surface area contributed by atoms with E-state index in [1.165, 1.54) is 6.07 Å². The minimum absolute atomic E-state index is 0.0895. The molecule has 0 radical (unpaired) electrons. The maximum atomic E-state index is 12.8. The highest BCUT2D eigenvalue weighted by Gasteiger charge is 2.34. The molecule has 0 aliphatic heterocycles. The number of benzene rings is 1. The molecule has 0 bridgehead atoms. The first-order chi connectivity index (χ1) is 8.49. The fourth-order valence-corrected chi connectivity index (χ4v) is 2.15. The van der Waals surface area contributed by atoms with Crippen LogP contribution in [-0.2, 0) is 11.5 Å². The zero-order chi connectivity index (χ0) is 13.6. The third kappa shape index (κ3) is 4.72. The maximum Gasteiger partial charge on any atom is 0.419 e. The first kappa shape index (κ1) is 15.7. The lowest BCUT2D eigenvalue weighted by molar-refractivity contribution is -0.139. The van der Waals surface area contributed by atoms with Gasteiger partial charge in [-0.15, -0.1) is 0 Å². The molecular weight excluding hydrogens is 329 g/mol. The summed E-state index contributed by atoms with van der Waals surface area (Å²) in [6.07, 6.45) is -1.70. The predicted octanol–water partition coefficient (Wildman–Crippen LogP) is 4.73. The van der Waals surface area contributed by atoms with Gasteiger partial charge in [-0.25, -0.2) is 0 Å². The summed E-state index contributed by atoms with van der Waals surface area (Å²) in [5.74, 6) is 0.786. The van der Waals surface area contributed by atoms with Crippen LogP contribution in [0.15, 0.2) is 18.2 Å². The van der Waals surface area contributed by atoms with Crippen LogP contribution in [-0.4, -0.2) is 18.6 Å². The lowest BCUT2D eigenvalue weighted by atomic mass is 10.1. The van der Waals surface area contributed by atoms with Gasteiger partial charge in [-0.05, 0) is 36.1 Å². The summed E-state index contributed by atoms with van der Waals surface area (Å²) >= 11 is 4.79. The second-order valence-electron chi connectivity index (χ2n) is 3.66. The summed E-state index contributed by atoms with van der Waals surface area (Å²) in [5.41, 5.74) is -0.123. The monoisotopic (exact) mass is 342 g/mol. The van der Waals surface area contributed by atoms with Crippen LogP contribution in [0.5, 0.6) is 5.75 Å². The second kappa shape index (κ2) is 7.28. The number of thioether (sulfide) groups is 1. The van der Waals surface area contributed by atoms with Gasteiger partial charge in [-0.2, -0.15) is 24.9 Å². The molecule has 0 spiro atoms. The van der Waals surface area contributed by atoms with Gasteiger partial charge in [0, 0.05) is 5.33 Å². The van der Waals surface area contributed by atoms with Crippen LogP contribution >= 0.6 is 27.7 Å². The Morgan fingerprint density at radius 3 is 2.61 bits per heavy atom. The van der Waals surface area contributed by atoms with Gasteiger partial charge in [0.2, 0.25) is 0 Å². The van der Waals surface area contributed by atoms with Crippen molar-refractivity contribution < 1.29 is 17.9 Å². The average molecular weight is 343 g/mol. The molecule has 6 heteroatoms. The number of ether oxygens (including phenoxy) is 1. The molecule has 0 N–H and O–H groups in total. The minimum atomic E-state index is -4.38. The Labute approximate surface area is 117 Å². The van der Waals surface area contributed by atoms with E-state index in [2.05, 4.69) is 15.9 Å². The summed E-state index contributed by atoms with van der Waals surface area (Å²) in [5, 5.41) is 0.392. The van der Waals surface area contributed by atoms with E-state index in [0.717, 1.165) is 18.2 Å². The van der Waals surface area contributed by atoms with E-state index in [9.17, 15) is 13.2 Å². The summed E-state index contributed by atoms with van der Waals surface area (Å²) in [6.45, 7) is 0.303. The van der Waals surface area contributed by atoms with E-state index in [4.69, 9.17) is 4.74 Å². The third-order valence-corrected chi connectivity index (χ3v) is 3.60. The van der Waals surface area contributed by atoms with E-state index in [1.807, 2.05) is 6.26 Å². The maximum absolute atomic E-state index is 12.8. The van der Waals surface area contributed by atoms with E-state index in [0.29, 0.717) is 17.5 Å². The molecule has 0 aliphatic carbocycles. The van der Waals surface area contributed by atoms with Gasteiger partial charge in [0.15, 0.2) is 0 Å². The molecule has 1 nitrogen and oxygen atoms in total. The van der Waals surface area contributed by atoms with Crippen molar-refractivity contribution in [2.45, 2.75) is 17.9 Å². The molecule has 0 aromatic heterocycles. The molecule has 0 saturated heterocycles. The Balaban J connectivity index is 2.82. The molecule has 0 atom stereocenters. The molecule has 1 aromatic rings. The van der Waals surface area contributed by atoms with Gasteiger partial charge in [-0.1, -0.05) is 22.0 Å². The highest BCUT2D eigenvalue weighted by Crippen LogP contribution is 2.37. The highest BCUT2D eigenvalue weighted by atomic mass is 79.9. The van der Waals surface area contributed by atoms with Gasteiger partial charge in [0.05, 0.1) is 12.2 Å². The van der Waals surface area contributed by atoms with Crippen LogP contribution in [0.1, 0.15) is 17.5 Å². The lowest BCUT2D eigenvalue weighted by Gasteiger charge is -2.14. The third-order valence-electron chi connectivity index (χ3n) is 2.25. The Kier molecular flexibility index (Phi) is 6.35. The molecule has 0 unspecified atom stereocenters. The SMILES string of the molecule is CSCCCOc1ccc(CBr)cc1C(F)(F)F. The predicted molar refractivity (Wildman–Crippen MR) is 72.6 cm³/mol. The van der Waals surface area contributed by atoms with Crippen molar-refractivity contribution in [1.29, 1.82) is 0 Å². The average Bonchev–Trinajstić information content (AvgIpc) is 2.33. The van der Waals surface area contributed by atoms with Crippen LogP contribution in [0.3, 0.4) is 0 Å². The molecule has 0 fully saturated rings. The smallest absolute Gasteiger partial charge is 0.419 e. The first-order valence-corrected chi connectivity index (χ1v) is 7.88. The van der Waals surface area contributed by atoms with E-state index < -0.39 is 11.7 Å². The van der Waals surface area contributed by atoms with Crippen molar-refractivity contribution in [3.05, 3.63) is 29.3 Å². The lowest BCUT2D eigenvalue weighted by Crippen LogP contribution is -2.10. The Hall–Kier alpha value is -0.360. The fraction of sp³-hybridized carbons (Fsp3) is 0.500. The molecule has 102 valence electrons. The zero-order valence-electron chi connectivity index (χ0n) is 9.89. The van der Waals surface area contributed by atoms with Crippen molar-refractivity contribution in [2.75, 3.05) is 18.6 Å². The molecule has 18 heavy (non-hydrogen) atoms. The summed E-state index contributed by atoms with van der Waals surface area (Å²) in [4.78, 5) is 0. The van der Waals surface area contributed by atoms with Crippen LogP contribution in [0, 0.1) is 0 Å². The number of hydrogen-bond acceptors (Lipinski definition) is 2. The van der Waals surface area contributed by atoms with E-state index in [1.54, 1.807) is 17.8 Å². The highest BCUT2D eigenvalue weighted by molar-refractivity contribution is 9.08. The quantitative estimate of drug-likeness (QED) is 0.545. The fourth-order valence-electron chi connectivity index (χ4n) is 1.39. The second-order valence-corrected chi connectivity index (χ2v) is 5.20. The number of hydrogen-bond donors (Lipinski definition) is 0. The van der Waals surface area contributed by atoms with Gasteiger partial charge in [0.1, 0.15) is 5.75 Å². The van der Waals surface area contributed by atoms with Gasteiger partial charge < -0.3 is 4.74 Å². The van der Waals surface area contributed by atoms with Crippen molar-refractivity contribution >= 4 is 27.7 Å². The molecular formula is C12H14BrF3OS. The topological polar surface area (TPSA) is 9.23 Å². The van der Waals surface area contributed by atoms with Crippen molar-refractivity contribution in [1.82, 2.24) is 0 Å². The van der Waals surface area contributed by atoms with E-state index in [-0.39, 0.29) is 5.75 Å². The number of alkyl halides is 4. The zero-order valence-corrected chi connectivity index (χ0v) is 12.3. The minimum Gasteiger partial charge on any atom is -0.493 e. The van der Waals surface area contributed by atoms with Crippen molar-refractivity contribution in [3.63, 3.8) is 0 Å². The van der Waals surface area contributed by atoms with Crippen molar-refractivity contribution in [2.24, 2.45) is 0 Å². The Morgan fingerprint density at radius 1 is 1.33 bits per heavy atom. The van der Waals surface area contributed by atoms with Crippen LogP contribution in [0.25, 0.3) is 0 Å². The summed E-state index contributed by atoms with van der Waals surface area (Å²) in [6, 6.07) is 4.14. The number of rotatable bonds is 6. The molecule has 0 saturated carbocycles. The Bertz CT molecular complexity index is 382. The summed E-state index contributed by atoms with van der Waals surface area (Å²) < 4.78 is 43.7. The van der Waals surface area contributed by atoms with E-state index >= 15 is 0 Å². The normalized spacial score (nSPS) is 11.6. The first-order valence-electron chi connectivity index (χ1n) is 5.37. The van der Waals surface area contributed by atoms with Crippen molar-refractivity contribution in [3.8, 4) is 5.75 Å². The standard InChI is InChI=1S/C12H14BrF3OS/c1-18-6-2-5-17-11-4-3-9(8-13)7-10(11)12(14,15)16/h3-4,7H,2,5-6,8H2,1H3. The molecule has 0 heterocycles. The molecule has 0 amide bonds. The van der Waals surface area contributed by atoms with Gasteiger partial charge in [-0.3, -0.25) is 0 Å². The van der Waals surface area contributed by atoms with Crippen LogP contribution in [0.2, 0.25) is 0 Å². The molecule has 1 rings (SSSR count). The summed E-state index contributed by atoms with van der Waals surface area (Å²) in [7, 11) is 0. The molecule has 0 aliphatic rings. The Morgan fingerprint density at radius 2 is 2.06 bits per heavy atom.